The third kappa shape index (κ3) is 4.13. The Morgan fingerprint density at radius 2 is 1.86 bits per heavy atom. The van der Waals surface area contributed by atoms with Gasteiger partial charge in [0.1, 0.15) is 0 Å². The van der Waals surface area contributed by atoms with Crippen molar-refractivity contribution >= 4 is 0 Å². The van der Waals surface area contributed by atoms with E-state index in [1.807, 2.05) is 0 Å². The van der Waals surface area contributed by atoms with E-state index in [9.17, 15) is 0 Å². The van der Waals surface area contributed by atoms with Crippen molar-refractivity contribution in [1.82, 2.24) is 0 Å². The van der Waals surface area contributed by atoms with Gasteiger partial charge in [-0.1, -0.05) is 13.8 Å². The molecular formula is C18H28O3. The van der Waals surface area contributed by atoms with Crippen LogP contribution in [0.3, 0.4) is 0 Å². The number of rotatable bonds is 7. The van der Waals surface area contributed by atoms with Crippen LogP contribution in [0.5, 0.6) is 11.5 Å². The lowest BCUT2D eigenvalue weighted by Gasteiger charge is -2.28. The lowest BCUT2D eigenvalue weighted by molar-refractivity contribution is 0.170. The molecule has 0 bridgehead atoms. The van der Waals surface area contributed by atoms with Crippen molar-refractivity contribution in [2.75, 3.05) is 27.4 Å². The van der Waals surface area contributed by atoms with Crippen molar-refractivity contribution in [3.63, 3.8) is 0 Å². The van der Waals surface area contributed by atoms with Crippen LogP contribution in [0.2, 0.25) is 0 Å². The summed E-state index contributed by atoms with van der Waals surface area (Å²) in [6.07, 6.45) is 4.48. The Morgan fingerprint density at radius 1 is 1.10 bits per heavy atom. The van der Waals surface area contributed by atoms with Crippen LogP contribution in [-0.4, -0.2) is 27.4 Å². The molecule has 1 aromatic carbocycles. The van der Waals surface area contributed by atoms with Crippen molar-refractivity contribution in [2.24, 2.45) is 11.8 Å². The summed E-state index contributed by atoms with van der Waals surface area (Å²) < 4.78 is 16.4. The van der Waals surface area contributed by atoms with Crippen molar-refractivity contribution < 1.29 is 14.2 Å². The van der Waals surface area contributed by atoms with Crippen molar-refractivity contribution in [3.05, 3.63) is 23.3 Å². The van der Waals surface area contributed by atoms with E-state index in [-0.39, 0.29) is 0 Å². The van der Waals surface area contributed by atoms with Gasteiger partial charge >= 0.3 is 0 Å². The highest BCUT2D eigenvalue weighted by Crippen LogP contribution is 2.37. The first-order chi connectivity index (χ1) is 10.2. The van der Waals surface area contributed by atoms with E-state index in [0.29, 0.717) is 6.61 Å². The van der Waals surface area contributed by atoms with Gasteiger partial charge in [0.2, 0.25) is 0 Å². The fraction of sp³-hybridized carbons (Fsp3) is 0.667. The molecule has 0 amide bonds. The van der Waals surface area contributed by atoms with Gasteiger partial charge in [-0.05, 0) is 54.4 Å². The number of hydrogen-bond donors (Lipinski definition) is 0. The summed E-state index contributed by atoms with van der Waals surface area (Å²) in [7, 11) is 3.43. The van der Waals surface area contributed by atoms with Crippen LogP contribution in [0.1, 0.15) is 37.8 Å². The van der Waals surface area contributed by atoms with E-state index < -0.39 is 0 Å². The highest BCUT2D eigenvalue weighted by atomic mass is 16.5. The molecule has 1 aliphatic rings. The highest BCUT2D eigenvalue weighted by molar-refractivity contribution is 5.48. The Hall–Kier alpha value is -1.22. The SMILES string of the molecule is COCCCOc1cc2c(cc1OC)CCC(C(C)C)C2. The maximum Gasteiger partial charge on any atom is 0.161 e. The molecule has 1 unspecified atom stereocenters. The van der Waals surface area contributed by atoms with Gasteiger partial charge in [0, 0.05) is 20.1 Å². The van der Waals surface area contributed by atoms with Gasteiger partial charge in [0.25, 0.3) is 0 Å². The number of methoxy groups -OCH3 is 2. The molecule has 1 aromatic rings. The smallest absolute Gasteiger partial charge is 0.161 e. The second kappa shape index (κ2) is 7.69. The summed E-state index contributed by atoms with van der Waals surface area (Å²) in [5, 5.41) is 0. The van der Waals surface area contributed by atoms with Crippen LogP contribution in [0.25, 0.3) is 0 Å². The zero-order chi connectivity index (χ0) is 15.2. The van der Waals surface area contributed by atoms with Crippen LogP contribution in [0.4, 0.5) is 0 Å². The van der Waals surface area contributed by atoms with Gasteiger partial charge < -0.3 is 14.2 Å². The molecule has 0 heterocycles. The molecule has 0 N–H and O–H groups in total. The van der Waals surface area contributed by atoms with Crippen LogP contribution in [-0.2, 0) is 17.6 Å². The number of benzene rings is 1. The first-order valence-electron chi connectivity index (χ1n) is 7.97. The van der Waals surface area contributed by atoms with Crippen LogP contribution in [0, 0.1) is 11.8 Å². The number of aryl methyl sites for hydroxylation is 1. The van der Waals surface area contributed by atoms with Crippen molar-refractivity contribution in [3.8, 4) is 11.5 Å². The molecule has 1 atom stereocenters. The Morgan fingerprint density at radius 3 is 2.52 bits per heavy atom. The number of fused-ring (bicyclic) bond motifs is 1. The van der Waals surface area contributed by atoms with E-state index in [1.54, 1.807) is 14.2 Å². The first-order valence-corrected chi connectivity index (χ1v) is 7.97. The zero-order valence-electron chi connectivity index (χ0n) is 13.8. The second-order valence-corrected chi connectivity index (χ2v) is 6.21. The summed E-state index contributed by atoms with van der Waals surface area (Å²) in [6, 6.07) is 4.35. The fourth-order valence-electron chi connectivity index (χ4n) is 3.02. The summed E-state index contributed by atoms with van der Waals surface area (Å²) in [4.78, 5) is 0. The number of hydrogen-bond acceptors (Lipinski definition) is 3. The molecule has 21 heavy (non-hydrogen) atoms. The fourth-order valence-corrected chi connectivity index (χ4v) is 3.02. The topological polar surface area (TPSA) is 27.7 Å². The second-order valence-electron chi connectivity index (χ2n) is 6.21. The molecule has 0 spiro atoms. The summed E-state index contributed by atoms with van der Waals surface area (Å²) >= 11 is 0. The van der Waals surface area contributed by atoms with Crippen LogP contribution < -0.4 is 9.47 Å². The normalized spacial score (nSPS) is 17.7. The molecule has 1 aliphatic carbocycles. The molecule has 0 fully saturated rings. The molecule has 0 aliphatic heterocycles. The minimum atomic E-state index is 0.663. The van der Waals surface area contributed by atoms with E-state index in [4.69, 9.17) is 14.2 Å². The maximum atomic E-state index is 5.89. The van der Waals surface area contributed by atoms with E-state index in [2.05, 4.69) is 26.0 Å². The Kier molecular flexibility index (Phi) is 5.92. The average molecular weight is 292 g/mol. The maximum absolute atomic E-state index is 5.89. The molecule has 0 saturated heterocycles. The minimum Gasteiger partial charge on any atom is -0.493 e. The average Bonchev–Trinajstić information content (AvgIpc) is 2.50. The van der Waals surface area contributed by atoms with Gasteiger partial charge in [-0.25, -0.2) is 0 Å². The van der Waals surface area contributed by atoms with Gasteiger partial charge in [-0.2, -0.15) is 0 Å². The predicted octanol–water partition coefficient (Wildman–Crippen LogP) is 3.87. The quantitative estimate of drug-likeness (QED) is 0.714. The third-order valence-corrected chi connectivity index (χ3v) is 4.45. The predicted molar refractivity (Wildman–Crippen MR) is 85.3 cm³/mol. The van der Waals surface area contributed by atoms with Gasteiger partial charge in [-0.3, -0.25) is 0 Å². The molecule has 0 radical (unpaired) electrons. The molecule has 3 heteroatoms. The summed E-state index contributed by atoms with van der Waals surface area (Å²) in [5.41, 5.74) is 2.86. The lowest BCUT2D eigenvalue weighted by atomic mass is 9.78. The van der Waals surface area contributed by atoms with Gasteiger partial charge in [0.05, 0.1) is 13.7 Å². The largest absolute Gasteiger partial charge is 0.493 e. The minimum absolute atomic E-state index is 0.663. The standard InChI is InChI=1S/C18H28O3/c1-13(2)14-6-7-15-11-17(20-4)18(12-16(15)10-14)21-9-5-8-19-3/h11-14H,5-10H2,1-4H3. The zero-order valence-corrected chi connectivity index (χ0v) is 13.8. The third-order valence-electron chi connectivity index (χ3n) is 4.45. The molecule has 0 saturated carbocycles. The molecule has 118 valence electrons. The van der Waals surface area contributed by atoms with Crippen molar-refractivity contribution in [1.29, 1.82) is 0 Å². The molecular weight excluding hydrogens is 264 g/mol. The highest BCUT2D eigenvalue weighted by Gasteiger charge is 2.23. The van der Waals surface area contributed by atoms with Crippen LogP contribution >= 0.6 is 0 Å². The lowest BCUT2D eigenvalue weighted by Crippen LogP contribution is -2.19. The molecule has 2 rings (SSSR count). The van der Waals surface area contributed by atoms with Gasteiger partial charge in [-0.15, -0.1) is 0 Å². The first kappa shape index (κ1) is 16.2. The Labute approximate surface area is 128 Å². The van der Waals surface area contributed by atoms with Crippen LogP contribution in [0.15, 0.2) is 12.1 Å². The number of ether oxygens (including phenoxy) is 3. The molecule has 3 nitrogen and oxygen atoms in total. The van der Waals surface area contributed by atoms with Crippen molar-refractivity contribution in [2.45, 2.75) is 39.5 Å². The van der Waals surface area contributed by atoms with E-state index in [1.165, 1.54) is 17.5 Å². The summed E-state index contributed by atoms with van der Waals surface area (Å²) in [5.74, 6) is 3.25. The molecule has 0 aromatic heterocycles. The Bertz CT molecular complexity index is 454. The monoisotopic (exact) mass is 292 g/mol. The van der Waals surface area contributed by atoms with Gasteiger partial charge in [0.15, 0.2) is 11.5 Å². The summed E-state index contributed by atoms with van der Waals surface area (Å²) in [6.45, 7) is 6.03. The Balaban J connectivity index is 2.11. The van der Waals surface area contributed by atoms with E-state index >= 15 is 0 Å². The van der Waals surface area contributed by atoms with E-state index in [0.717, 1.165) is 49.2 Å².